The minimum atomic E-state index is -1.35. The third-order valence-corrected chi connectivity index (χ3v) is 6.43. The van der Waals surface area contributed by atoms with Gasteiger partial charge in [-0.3, -0.25) is 4.90 Å². The molecule has 2 aliphatic rings. The largest absolute Gasteiger partial charge is 0.494 e. The minimum absolute atomic E-state index is 0.385. The second-order valence-electron chi connectivity index (χ2n) is 7.45. The predicted octanol–water partition coefficient (Wildman–Crippen LogP) is 3.43. The Labute approximate surface area is 169 Å². The van der Waals surface area contributed by atoms with Gasteiger partial charge in [-0.15, -0.1) is 0 Å². The molecule has 0 spiro atoms. The van der Waals surface area contributed by atoms with Crippen LogP contribution in [-0.4, -0.2) is 34.6 Å². The number of hydrogen-bond donors (Lipinski definition) is 1. The van der Waals surface area contributed by atoms with Crippen molar-refractivity contribution in [2.75, 3.05) is 19.7 Å². The molecule has 2 aromatic carbocycles. The van der Waals surface area contributed by atoms with Crippen molar-refractivity contribution < 1.29 is 8.95 Å². The van der Waals surface area contributed by atoms with Crippen LogP contribution in [0.2, 0.25) is 0 Å². The lowest BCUT2D eigenvalue weighted by Crippen LogP contribution is -2.29. The minimum Gasteiger partial charge on any atom is -0.494 e. The first-order chi connectivity index (χ1) is 13.7. The number of hydrogen-bond acceptors (Lipinski definition) is 4. The Kier molecular flexibility index (Phi) is 6.07. The summed E-state index contributed by atoms with van der Waals surface area (Å²) in [6.45, 7) is 4.04. The number of amidine groups is 1. The SMILES string of the molecule is NC1=NS(=O)c2cccc(CCCOc3cccc(CN4CCCCC4)c3)c21. The van der Waals surface area contributed by atoms with Crippen molar-refractivity contribution in [2.24, 2.45) is 10.1 Å². The molecule has 2 heterocycles. The molecule has 0 bridgehead atoms. The predicted molar refractivity (Wildman–Crippen MR) is 113 cm³/mol. The van der Waals surface area contributed by atoms with Crippen LogP contribution in [0, 0.1) is 0 Å². The number of aryl methyl sites for hydroxylation is 1. The third kappa shape index (κ3) is 4.45. The van der Waals surface area contributed by atoms with Crippen LogP contribution in [0.25, 0.3) is 0 Å². The van der Waals surface area contributed by atoms with E-state index in [9.17, 15) is 4.21 Å². The molecule has 0 aliphatic carbocycles. The van der Waals surface area contributed by atoms with E-state index in [0.29, 0.717) is 12.4 Å². The highest BCUT2D eigenvalue weighted by atomic mass is 32.2. The van der Waals surface area contributed by atoms with E-state index in [0.717, 1.165) is 41.2 Å². The van der Waals surface area contributed by atoms with Crippen molar-refractivity contribution >= 4 is 16.8 Å². The molecule has 4 rings (SSSR count). The van der Waals surface area contributed by atoms with E-state index in [2.05, 4.69) is 27.5 Å². The fraction of sp³-hybridized carbons (Fsp3) is 0.409. The van der Waals surface area contributed by atoms with Crippen LogP contribution in [0.5, 0.6) is 5.75 Å². The Balaban J connectivity index is 1.30. The van der Waals surface area contributed by atoms with E-state index < -0.39 is 11.0 Å². The summed E-state index contributed by atoms with van der Waals surface area (Å²) in [6.07, 6.45) is 5.67. The molecule has 1 fully saturated rings. The fourth-order valence-corrected chi connectivity index (χ4v) is 4.94. The van der Waals surface area contributed by atoms with Crippen molar-refractivity contribution in [1.29, 1.82) is 0 Å². The smallest absolute Gasteiger partial charge is 0.175 e. The summed E-state index contributed by atoms with van der Waals surface area (Å²) in [6, 6.07) is 14.2. The van der Waals surface area contributed by atoms with Gasteiger partial charge in [0.2, 0.25) is 0 Å². The number of benzene rings is 2. The van der Waals surface area contributed by atoms with Crippen molar-refractivity contribution in [2.45, 2.75) is 43.5 Å². The maximum atomic E-state index is 11.9. The van der Waals surface area contributed by atoms with Gasteiger partial charge < -0.3 is 10.5 Å². The van der Waals surface area contributed by atoms with Crippen LogP contribution in [0.1, 0.15) is 42.4 Å². The number of fused-ring (bicyclic) bond motifs is 1. The Morgan fingerprint density at radius 2 is 1.93 bits per heavy atom. The standard InChI is InChI=1S/C22H27N3O2S/c23-22-21-18(8-5-11-20(21)28(26)24-22)9-6-14-27-19-10-4-7-17(15-19)16-25-12-2-1-3-13-25/h4-5,7-8,10-11,15H,1-3,6,9,12-14,16H2,(H2,23,24). The molecule has 6 heteroatoms. The average molecular weight is 398 g/mol. The summed E-state index contributed by atoms with van der Waals surface area (Å²) in [4.78, 5) is 3.25. The zero-order chi connectivity index (χ0) is 19.3. The van der Waals surface area contributed by atoms with E-state index in [4.69, 9.17) is 10.5 Å². The lowest BCUT2D eigenvalue weighted by molar-refractivity contribution is 0.220. The highest BCUT2D eigenvalue weighted by molar-refractivity contribution is 7.84. The topological polar surface area (TPSA) is 67.9 Å². The number of rotatable bonds is 7. The highest BCUT2D eigenvalue weighted by Gasteiger charge is 2.22. The molecule has 1 unspecified atom stereocenters. The van der Waals surface area contributed by atoms with Crippen LogP contribution in [0.3, 0.4) is 0 Å². The monoisotopic (exact) mass is 397 g/mol. The normalized spacial score (nSPS) is 19.3. The molecule has 2 aliphatic heterocycles. The summed E-state index contributed by atoms with van der Waals surface area (Å²) in [7, 11) is -1.35. The quantitative estimate of drug-likeness (QED) is 0.727. The van der Waals surface area contributed by atoms with Gasteiger partial charge in [0.15, 0.2) is 11.0 Å². The van der Waals surface area contributed by atoms with E-state index in [-0.39, 0.29) is 0 Å². The molecular weight excluding hydrogens is 370 g/mol. The average Bonchev–Trinajstić information content (AvgIpc) is 3.01. The summed E-state index contributed by atoms with van der Waals surface area (Å²) in [5, 5.41) is 0. The maximum Gasteiger partial charge on any atom is 0.175 e. The Bertz CT molecular complexity index is 891. The third-order valence-electron chi connectivity index (χ3n) is 5.35. The van der Waals surface area contributed by atoms with Crippen molar-refractivity contribution in [3.8, 4) is 5.75 Å². The Morgan fingerprint density at radius 3 is 2.79 bits per heavy atom. The molecule has 0 aromatic heterocycles. The van der Waals surface area contributed by atoms with Crippen LogP contribution in [0.4, 0.5) is 0 Å². The first kappa shape index (κ1) is 19.2. The number of piperidine rings is 1. The Morgan fingerprint density at radius 1 is 1.11 bits per heavy atom. The zero-order valence-electron chi connectivity index (χ0n) is 16.1. The van der Waals surface area contributed by atoms with E-state index in [1.165, 1.54) is 37.9 Å². The molecule has 28 heavy (non-hydrogen) atoms. The first-order valence-electron chi connectivity index (χ1n) is 10.0. The molecule has 2 N–H and O–H groups in total. The molecule has 0 amide bonds. The lowest BCUT2D eigenvalue weighted by atomic mass is 10.0. The van der Waals surface area contributed by atoms with Crippen LogP contribution >= 0.6 is 0 Å². The fourth-order valence-electron chi connectivity index (χ4n) is 3.97. The molecule has 0 radical (unpaired) electrons. The van der Waals surface area contributed by atoms with Crippen molar-refractivity contribution in [3.63, 3.8) is 0 Å². The second kappa shape index (κ2) is 8.88. The Hall–Kier alpha value is -2.18. The van der Waals surface area contributed by atoms with Gasteiger partial charge in [-0.25, -0.2) is 4.21 Å². The van der Waals surface area contributed by atoms with Gasteiger partial charge in [0, 0.05) is 12.1 Å². The van der Waals surface area contributed by atoms with Crippen LogP contribution in [-0.2, 0) is 24.0 Å². The molecule has 1 atom stereocenters. The summed E-state index contributed by atoms with van der Waals surface area (Å²) >= 11 is 0. The van der Waals surface area contributed by atoms with Gasteiger partial charge in [0.1, 0.15) is 11.6 Å². The van der Waals surface area contributed by atoms with E-state index in [1.807, 2.05) is 24.3 Å². The number of likely N-dealkylation sites (tertiary alicyclic amines) is 1. The van der Waals surface area contributed by atoms with Gasteiger partial charge >= 0.3 is 0 Å². The van der Waals surface area contributed by atoms with E-state index >= 15 is 0 Å². The van der Waals surface area contributed by atoms with Gasteiger partial charge in [-0.2, -0.15) is 4.40 Å². The highest BCUT2D eigenvalue weighted by Crippen LogP contribution is 2.25. The lowest BCUT2D eigenvalue weighted by Gasteiger charge is -2.26. The van der Waals surface area contributed by atoms with Crippen LogP contribution in [0.15, 0.2) is 51.8 Å². The van der Waals surface area contributed by atoms with E-state index in [1.54, 1.807) is 0 Å². The van der Waals surface area contributed by atoms with Crippen LogP contribution < -0.4 is 10.5 Å². The molecule has 1 saturated heterocycles. The first-order valence-corrected chi connectivity index (χ1v) is 11.1. The van der Waals surface area contributed by atoms with Crippen molar-refractivity contribution in [1.82, 2.24) is 4.90 Å². The van der Waals surface area contributed by atoms with Gasteiger partial charge in [-0.1, -0.05) is 30.7 Å². The number of ether oxygens (including phenoxy) is 1. The van der Waals surface area contributed by atoms with Crippen molar-refractivity contribution in [3.05, 3.63) is 59.2 Å². The molecular formula is C22H27N3O2S. The molecule has 5 nitrogen and oxygen atoms in total. The zero-order valence-corrected chi connectivity index (χ0v) is 16.9. The van der Waals surface area contributed by atoms with Gasteiger partial charge in [0.25, 0.3) is 0 Å². The second-order valence-corrected chi connectivity index (χ2v) is 8.57. The number of nitrogens with two attached hydrogens (primary N) is 1. The molecule has 2 aromatic rings. The molecule has 0 saturated carbocycles. The maximum absolute atomic E-state index is 11.9. The van der Waals surface area contributed by atoms with Gasteiger partial charge in [0.05, 0.1) is 11.5 Å². The summed E-state index contributed by atoms with van der Waals surface area (Å²) in [5.41, 5.74) is 9.20. The molecule has 148 valence electrons. The summed E-state index contributed by atoms with van der Waals surface area (Å²) < 4.78 is 21.9. The van der Waals surface area contributed by atoms with Gasteiger partial charge in [-0.05, 0) is 68.1 Å². The number of nitrogens with zero attached hydrogens (tertiary/aromatic N) is 2. The summed E-state index contributed by atoms with van der Waals surface area (Å²) in [5.74, 6) is 1.31.